The molecule has 0 saturated carbocycles. The standard InChI is InChI=1S/C14H21NO2/c1-12(13-5-3-2-4-6-13)9-15-10-14-11-16-7-8-17-14/h2-6,12,14-15H,7-11H2,1H3. The van der Waals surface area contributed by atoms with E-state index >= 15 is 0 Å². The van der Waals surface area contributed by atoms with Crippen LogP contribution < -0.4 is 5.32 Å². The molecule has 1 aliphatic rings. The molecule has 1 aromatic carbocycles. The second kappa shape index (κ2) is 6.74. The van der Waals surface area contributed by atoms with Crippen LogP contribution in [0.15, 0.2) is 30.3 Å². The van der Waals surface area contributed by atoms with Gasteiger partial charge in [-0.2, -0.15) is 0 Å². The minimum Gasteiger partial charge on any atom is -0.376 e. The Kier molecular flexibility index (Phi) is 4.98. The van der Waals surface area contributed by atoms with Crippen LogP contribution in [0.3, 0.4) is 0 Å². The summed E-state index contributed by atoms with van der Waals surface area (Å²) in [4.78, 5) is 0. The maximum atomic E-state index is 5.58. The molecule has 1 aliphatic heterocycles. The summed E-state index contributed by atoms with van der Waals surface area (Å²) in [5.74, 6) is 0.528. The molecule has 1 N–H and O–H groups in total. The summed E-state index contributed by atoms with van der Waals surface area (Å²) in [5.41, 5.74) is 1.38. The van der Waals surface area contributed by atoms with Gasteiger partial charge in [-0.15, -0.1) is 0 Å². The maximum absolute atomic E-state index is 5.58. The van der Waals surface area contributed by atoms with Gasteiger partial charge in [0, 0.05) is 13.1 Å². The van der Waals surface area contributed by atoms with Crippen molar-refractivity contribution < 1.29 is 9.47 Å². The highest BCUT2D eigenvalue weighted by Crippen LogP contribution is 2.13. The number of rotatable bonds is 5. The molecule has 0 aromatic heterocycles. The topological polar surface area (TPSA) is 30.5 Å². The first-order valence-electron chi connectivity index (χ1n) is 6.31. The molecule has 2 rings (SSSR count). The van der Waals surface area contributed by atoms with E-state index in [4.69, 9.17) is 9.47 Å². The van der Waals surface area contributed by atoms with Crippen LogP contribution in [0.5, 0.6) is 0 Å². The van der Waals surface area contributed by atoms with Gasteiger partial charge in [0.2, 0.25) is 0 Å². The summed E-state index contributed by atoms with van der Waals surface area (Å²) < 4.78 is 10.9. The van der Waals surface area contributed by atoms with Crippen LogP contribution in [0.25, 0.3) is 0 Å². The molecular formula is C14H21NO2. The summed E-state index contributed by atoms with van der Waals surface area (Å²) in [5, 5.41) is 3.45. The zero-order chi connectivity index (χ0) is 11.9. The summed E-state index contributed by atoms with van der Waals surface area (Å²) in [6, 6.07) is 10.6. The first-order chi connectivity index (χ1) is 8.36. The van der Waals surface area contributed by atoms with Gasteiger partial charge in [-0.25, -0.2) is 0 Å². The van der Waals surface area contributed by atoms with Gasteiger partial charge in [-0.3, -0.25) is 0 Å². The number of benzene rings is 1. The molecule has 2 atom stereocenters. The molecule has 1 saturated heterocycles. The van der Waals surface area contributed by atoms with E-state index < -0.39 is 0 Å². The Bertz CT molecular complexity index is 309. The fraction of sp³-hybridized carbons (Fsp3) is 0.571. The molecule has 3 nitrogen and oxygen atoms in total. The van der Waals surface area contributed by atoms with Gasteiger partial charge in [-0.05, 0) is 11.5 Å². The predicted octanol–water partition coefficient (Wildman–Crippen LogP) is 1.80. The molecule has 1 aromatic rings. The van der Waals surface area contributed by atoms with Crippen molar-refractivity contribution in [2.45, 2.75) is 18.9 Å². The van der Waals surface area contributed by atoms with Crippen LogP contribution in [-0.4, -0.2) is 39.0 Å². The third kappa shape index (κ3) is 4.11. The first-order valence-corrected chi connectivity index (χ1v) is 6.31. The largest absolute Gasteiger partial charge is 0.376 e. The molecule has 3 heteroatoms. The van der Waals surface area contributed by atoms with Crippen molar-refractivity contribution in [2.75, 3.05) is 32.9 Å². The van der Waals surface area contributed by atoms with E-state index in [9.17, 15) is 0 Å². The lowest BCUT2D eigenvalue weighted by Crippen LogP contribution is -2.38. The van der Waals surface area contributed by atoms with E-state index in [0.29, 0.717) is 12.5 Å². The van der Waals surface area contributed by atoms with E-state index in [-0.39, 0.29) is 6.10 Å². The summed E-state index contributed by atoms with van der Waals surface area (Å²) in [7, 11) is 0. The normalized spacial score (nSPS) is 22.3. The number of hydrogen-bond donors (Lipinski definition) is 1. The van der Waals surface area contributed by atoms with E-state index in [1.807, 2.05) is 0 Å². The third-order valence-corrected chi connectivity index (χ3v) is 3.08. The van der Waals surface area contributed by atoms with Gasteiger partial charge < -0.3 is 14.8 Å². The summed E-state index contributed by atoms with van der Waals surface area (Å²) >= 11 is 0. The summed E-state index contributed by atoms with van der Waals surface area (Å²) in [6.45, 7) is 6.26. The van der Waals surface area contributed by atoms with Crippen molar-refractivity contribution in [3.8, 4) is 0 Å². The van der Waals surface area contributed by atoms with Gasteiger partial charge in [-0.1, -0.05) is 37.3 Å². The van der Waals surface area contributed by atoms with Gasteiger partial charge in [0.15, 0.2) is 0 Å². The van der Waals surface area contributed by atoms with Crippen LogP contribution in [0.1, 0.15) is 18.4 Å². The smallest absolute Gasteiger partial charge is 0.0933 e. The van der Waals surface area contributed by atoms with Gasteiger partial charge in [0.25, 0.3) is 0 Å². The van der Waals surface area contributed by atoms with Crippen LogP contribution >= 0.6 is 0 Å². The molecule has 0 bridgehead atoms. The molecule has 1 heterocycles. The molecule has 17 heavy (non-hydrogen) atoms. The summed E-state index contributed by atoms with van der Waals surface area (Å²) in [6.07, 6.45) is 0.215. The second-order valence-corrected chi connectivity index (χ2v) is 4.54. The highest BCUT2D eigenvalue weighted by molar-refractivity contribution is 5.18. The lowest BCUT2D eigenvalue weighted by molar-refractivity contribution is -0.0863. The second-order valence-electron chi connectivity index (χ2n) is 4.54. The number of nitrogens with one attached hydrogen (secondary N) is 1. The minimum atomic E-state index is 0.215. The molecule has 0 radical (unpaired) electrons. The first kappa shape index (κ1) is 12.6. The average Bonchev–Trinajstić information content (AvgIpc) is 2.41. The van der Waals surface area contributed by atoms with E-state index in [1.54, 1.807) is 0 Å². The van der Waals surface area contributed by atoms with E-state index in [2.05, 4.69) is 42.6 Å². The van der Waals surface area contributed by atoms with Crippen molar-refractivity contribution >= 4 is 0 Å². The Morgan fingerprint density at radius 3 is 2.82 bits per heavy atom. The van der Waals surface area contributed by atoms with Crippen molar-refractivity contribution in [3.05, 3.63) is 35.9 Å². The molecule has 1 fully saturated rings. The Morgan fingerprint density at radius 1 is 1.29 bits per heavy atom. The average molecular weight is 235 g/mol. The zero-order valence-corrected chi connectivity index (χ0v) is 10.4. The molecule has 0 spiro atoms. The van der Waals surface area contributed by atoms with Crippen LogP contribution in [0.2, 0.25) is 0 Å². The molecule has 94 valence electrons. The lowest BCUT2D eigenvalue weighted by Gasteiger charge is -2.24. The SMILES string of the molecule is CC(CNCC1COCCO1)c1ccccc1. The van der Waals surface area contributed by atoms with Crippen LogP contribution in [0, 0.1) is 0 Å². The van der Waals surface area contributed by atoms with E-state index in [1.165, 1.54) is 5.56 Å². The maximum Gasteiger partial charge on any atom is 0.0933 e. The van der Waals surface area contributed by atoms with Crippen LogP contribution in [-0.2, 0) is 9.47 Å². The fourth-order valence-corrected chi connectivity index (χ4v) is 2.01. The van der Waals surface area contributed by atoms with Gasteiger partial charge >= 0.3 is 0 Å². The highest BCUT2D eigenvalue weighted by atomic mass is 16.6. The molecule has 2 unspecified atom stereocenters. The van der Waals surface area contributed by atoms with Crippen molar-refractivity contribution in [2.24, 2.45) is 0 Å². The fourth-order valence-electron chi connectivity index (χ4n) is 2.01. The van der Waals surface area contributed by atoms with Gasteiger partial charge in [0.1, 0.15) is 0 Å². The molecule has 0 amide bonds. The Hall–Kier alpha value is -0.900. The monoisotopic (exact) mass is 235 g/mol. The van der Waals surface area contributed by atoms with Crippen molar-refractivity contribution in [3.63, 3.8) is 0 Å². The predicted molar refractivity (Wildman–Crippen MR) is 68.3 cm³/mol. The van der Waals surface area contributed by atoms with Crippen LogP contribution in [0.4, 0.5) is 0 Å². The minimum absolute atomic E-state index is 0.215. The van der Waals surface area contributed by atoms with Crippen molar-refractivity contribution in [1.29, 1.82) is 0 Å². The molecule has 0 aliphatic carbocycles. The highest BCUT2D eigenvalue weighted by Gasteiger charge is 2.14. The third-order valence-electron chi connectivity index (χ3n) is 3.08. The Balaban J connectivity index is 1.67. The van der Waals surface area contributed by atoms with E-state index in [0.717, 1.165) is 26.3 Å². The van der Waals surface area contributed by atoms with Crippen molar-refractivity contribution in [1.82, 2.24) is 5.32 Å². The zero-order valence-electron chi connectivity index (χ0n) is 10.4. The van der Waals surface area contributed by atoms with Gasteiger partial charge in [0.05, 0.1) is 25.9 Å². The number of ether oxygens (including phenoxy) is 2. The lowest BCUT2D eigenvalue weighted by atomic mass is 10.0. The number of hydrogen-bond acceptors (Lipinski definition) is 3. The molecular weight excluding hydrogens is 214 g/mol. The quantitative estimate of drug-likeness (QED) is 0.844. The Labute approximate surface area is 103 Å². The Morgan fingerprint density at radius 2 is 2.12 bits per heavy atom.